The number of aryl methyl sites for hydroxylation is 1. The fourth-order valence-electron chi connectivity index (χ4n) is 1.84. The maximum atomic E-state index is 8.73. The maximum absolute atomic E-state index is 8.73. The zero-order chi connectivity index (χ0) is 12.8. The monoisotopic (exact) mass is 256 g/mol. The van der Waals surface area contributed by atoms with Crippen LogP contribution in [0.25, 0.3) is 0 Å². The van der Waals surface area contributed by atoms with Crippen LogP contribution < -0.4 is 5.32 Å². The molecule has 1 aromatic heterocycles. The molecule has 2 nitrogen and oxygen atoms in total. The molecule has 1 aromatic carbocycles. The number of rotatable bonds is 5. The SMILES string of the molecule is Cc1cccc(CCNCc2cc(C#N)cs2)c1. The van der Waals surface area contributed by atoms with Crippen LogP contribution in [0.15, 0.2) is 35.7 Å². The van der Waals surface area contributed by atoms with Gasteiger partial charge in [-0.3, -0.25) is 0 Å². The molecule has 0 bridgehead atoms. The molecule has 0 fully saturated rings. The minimum absolute atomic E-state index is 0.760. The van der Waals surface area contributed by atoms with Crippen molar-refractivity contribution in [3.05, 3.63) is 57.3 Å². The Morgan fingerprint density at radius 2 is 2.22 bits per heavy atom. The number of nitriles is 1. The highest BCUT2D eigenvalue weighted by molar-refractivity contribution is 7.10. The van der Waals surface area contributed by atoms with E-state index in [1.807, 2.05) is 11.4 Å². The molecule has 0 unspecified atom stereocenters. The summed E-state index contributed by atoms with van der Waals surface area (Å²) in [5, 5.41) is 14.0. The lowest BCUT2D eigenvalue weighted by Gasteiger charge is -2.04. The molecule has 1 heterocycles. The second-order valence-corrected chi connectivity index (χ2v) is 5.33. The van der Waals surface area contributed by atoms with Crippen molar-refractivity contribution < 1.29 is 0 Å². The first-order valence-electron chi connectivity index (χ1n) is 6.02. The summed E-state index contributed by atoms with van der Waals surface area (Å²) in [6, 6.07) is 12.7. The van der Waals surface area contributed by atoms with Gasteiger partial charge in [0.2, 0.25) is 0 Å². The Hall–Kier alpha value is -1.63. The van der Waals surface area contributed by atoms with Crippen molar-refractivity contribution in [2.75, 3.05) is 6.54 Å². The average molecular weight is 256 g/mol. The highest BCUT2D eigenvalue weighted by atomic mass is 32.1. The lowest BCUT2D eigenvalue weighted by molar-refractivity contribution is 0.693. The molecular formula is C15H16N2S. The number of thiophene rings is 1. The van der Waals surface area contributed by atoms with Gasteiger partial charge < -0.3 is 5.32 Å². The first-order valence-corrected chi connectivity index (χ1v) is 6.89. The topological polar surface area (TPSA) is 35.8 Å². The summed E-state index contributed by atoms with van der Waals surface area (Å²) in [5.41, 5.74) is 3.44. The van der Waals surface area contributed by atoms with E-state index in [1.165, 1.54) is 16.0 Å². The third-order valence-corrected chi connectivity index (χ3v) is 3.69. The standard InChI is InChI=1S/C15H16N2S/c1-12-3-2-4-13(7-12)5-6-17-10-15-8-14(9-16)11-18-15/h2-4,7-8,11,17H,5-6,10H2,1H3. The van der Waals surface area contributed by atoms with Gasteiger partial charge in [-0.2, -0.15) is 5.26 Å². The van der Waals surface area contributed by atoms with Gasteiger partial charge in [0.25, 0.3) is 0 Å². The predicted molar refractivity (Wildman–Crippen MR) is 75.6 cm³/mol. The molecule has 2 rings (SSSR count). The smallest absolute Gasteiger partial charge is 0.100 e. The van der Waals surface area contributed by atoms with Crippen LogP contribution in [-0.2, 0) is 13.0 Å². The van der Waals surface area contributed by atoms with E-state index in [9.17, 15) is 0 Å². The zero-order valence-electron chi connectivity index (χ0n) is 10.4. The van der Waals surface area contributed by atoms with Crippen LogP contribution in [0.1, 0.15) is 21.6 Å². The molecule has 0 radical (unpaired) electrons. The summed E-state index contributed by atoms with van der Waals surface area (Å²) >= 11 is 1.64. The number of hydrogen-bond donors (Lipinski definition) is 1. The third kappa shape index (κ3) is 3.69. The summed E-state index contributed by atoms with van der Waals surface area (Å²) in [4.78, 5) is 1.22. The van der Waals surface area contributed by atoms with Crippen molar-refractivity contribution in [1.82, 2.24) is 5.32 Å². The van der Waals surface area contributed by atoms with Crippen molar-refractivity contribution in [2.45, 2.75) is 19.9 Å². The van der Waals surface area contributed by atoms with Crippen molar-refractivity contribution in [2.24, 2.45) is 0 Å². The Morgan fingerprint density at radius 3 is 2.94 bits per heavy atom. The molecule has 2 aromatic rings. The second-order valence-electron chi connectivity index (χ2n) is 4.33. The number of nitrogens with zero attached hydrogens (tertiary/aromatic N) is 1. The molecule has 92 valence electrons. The highest BCUT2D eigenvalue weighted by Crippen LogP contribution is 2.13. The van der Waals surface area contributed by atoms with Crippen LogP contribution in [0.4, 0.5) is 0 Å². The van der Waals surface area contributed by atoms with E-state index >= 15 is 0 Å². The molecule has 1 N–H and O–H groups in total. The molecule has 0 aliphatic heterocycles. The number of nitrogens with one attached hydrogen (secondary N) is 1. The van der Waals surface area contributed by atoms with Crippen LogP contribution in [0, 0.1) is 18.3 Å². The lowest BCUT2D eigenvalue weighted by atomic mass is 10.1. The van der Waals surface area contributed by atoms with E-state index in [-0.39, 0.29) is 0 Å². The summed E-state index contributed by atoms with van der Waals surface area (Å²) in [7, 11) is 0. The van der Waals surface area contributed by atoms with Gasteiger partial charge in [0, 0.05) is 16.8 Å². The molecule has 0 aliphatic carbocycles. The van der Waals surface area contributed by atoms with E-state index in [1.54, 1.807) is 11.3 Å². The Bertz CT molecular complexity index is 552. The Labute approximate surface area is 112 Å². The van der Waals surface area contributed by atoms with Crippen LogP contribution in [0.5, 0.6) is 0 Å². The van der Waals surface area contributed by atoms with Gasteiger partial charge in [0.05, 0.1) is 5.56 Å². The van der Waals surface area contributed by atoms with Gasteiger partial charge in [-0.15, -0.1) is 11.3 Å². The zero-order valence-corrected chi connectivity index (χ0v) is 11.3. The number of hydrogen-bond acceptors (Lipinski definition) is 3. The second kappa shape index (κ2) is 6.34. The Kier molecular flexibility index (Phi) is 4.52. The number of benzene rings is 1. The average Bonchev–Trinajstić information content (AvgIpc) is 2.83. The minimum Gasteiger partial charge on any atom is -0.312 e. The van der Waals surface area contributed by atoms with E-state index in [0.29, 0.717) is 0 Å². The van der Waals surface area contributed by atoms with Crippen molar-refractivity contribution in [1.29, 1.82) is 5.26 Å². The largest absolute Gasteiger partial charge is 0.312 e. The fraction of sp³-hybridized carbons (Fsp3) is 0.267. The quantitative estimate of drug-likeness (QED) is 0.833. The molecule has 0 spiro atoms. The molecule has 0 atom stereocenters. The van der Waals surface area contributed by atoms with Crippen molar-refractivity contribution >= 4 is 11.3 Å². The predicted octanol–water partition coefficient (Wildman–Crippen LogP) is 3.26. The van der Waals surface area contributed by atoms with Gasteiger partial charge in [0.1, 0.15) is 6.07 Å². The Morgan fingerprint density at radius 1 is 1.33 bits per heavy atom. The highest BCUT2D eigenvalue weighted by Gasteiger charge is 1.99. The van der Waals surface area contributed by atoms with Crippen LogP contribution >= 0.6 is 11.3 Å². The van der Waals surface area contributed by atoms with Gasteiger partial charge in [-0.05, 0) is 31.5 Å². The van der Waals surface area contributed by atoms with Crippen LogP contribution in [0.2, 0.25) is 0 Å². The van der Waals surface area contributed by atoms with E-state index in [2.05, 4.69) is 42.6 Å². The fourth-order valence-corrected chi connectivity index (χ4v) is 2.62. The molecule has 18 heavy (non-hydrogen) atoms. The van der Waals surface area contributed by atoms with Crippen LogP contribution in [-0.4, -0.2) is 6.54 Å². The molecular weight excluding hydrogens is 240 g/mol. The molecule has 0 amide bonds. The van der Waals surface area contributed by atoms with Gasteiger partial charge >= 0.3 is 0 Å². The summed E-state index contributed by atoms with van der Waals surface area (Å²) in [6.07, 6.45) is 1.04. The summed E-state index contributed by atoms with van der Waals surface area (Å²) < 4.78 is 0. The lowest BCUT2D eigenvalue weighted by Crippen LogP contribution is -2.15. The van der Waals surface area contributed by atoms with Gasteiger partial charge in [-0.25, -0.2) is 0 Å². The minimum atomic E-state index is 0.760. The van der Waals surface area contributed by atoms with Crippen molar-refractivity contribution in [3.8, 4) is 6.07 Å². The van der Waals surface area contributed by atoms with E-state index < -0.39 is 0 Å². The van der Waals surface area contributed by atoms with E-state index in [4.69, 9.17) is 5.26 Å². The Balaban J connectivity index is 1.75. The van der Waals surface area contributed by atoms with Gasteiger partial charge in [0.15, 0.2) is 0 Å². The molecule has 0 saturated heterocycles. The van der Waals surface area contributed by atoms with Gasteiger partial charge in [-0.1, -0.05) is 29.8 Å². The molecule has 0 saturated carbocycles. The summed E-state index contributed by atoms with van der Waals surface area (Å²) in [5.74, 6) is 0. The van der Waals surface area contributed by atoms with Crippen molar-refractivity contribution in [3.63, 3.8) is 0 Å². The third-order valence-electron chi connectivity index (χ3n) is 2.76. The molecule has 3 heteroatoms. The first-order chi connectivity index (χ1) is 8.78. The first kappa shape index (κ1) is 12.8. The maximum Gasteiger partial charge on any atom is 0.100 e. The van der Waals surface area contributed by atoms with Crippen LogP contribution in [0.3, 0.4) is 0 Å². The summed E-state index contributed by atoms with van der Waals surface area (Å²) in [6.45, 7) is 3.92. The van der Waals surface area contributed by atoms with E-state index in [0.717, 1.165) is 25.1 Å². The molecule has 0 aliphatic rings. The normalized spacial score (nSPS) is 10.2.